The first-order valence-corrected chi connectivity index (χ1v) is 7.79. The second-order valence-electron chi connectivity index (χ2n) is 5.99. The smallest absolute Gasteiger partial charge is 0.0229 e. The van der Waals surface area contributed by atoms with Crippen molar-refractivity contribution in [3.05, 3.63) is 0 Å². The van der Waals surface area contributed by atoms with Gasteiger partial charge in [-0.2, -0.15) is 0 Å². The summed E-state index contributed by atoms with van der Waals surface area (Å²) in [5, 5.41) is 0. The number of hydrogen-bond donors (Lipinski definition) is 1. The van der Waals surface area contributed by atoms with E-state index in [4.69, 9.17) is 5.73 Å². The van der Waals surface area contributed by atoms with Crippen molar-refractivity contribution in [2.45, 2.75) is 64.0 Å². The summed E-state index contributed by atoms with van der Waals surface area (Å²) >= 11 is 0. The van der Waals surface area contributed by atoms with Gasteiger partial charge in [0.1, 0.15) is 0 Å². The Balaban J connectivity index is 2.21. The number of hydrogen-bond acceptors (Lipinski definition) is 3. The quantitative estimate of drug-likeness (QED) is 0.642. The molecule has 3 heteroatoms. The lowest BCUT2D eigenvalue weighted by atomic mass is 10.1. The highest BCUT2D eigenvalue weighted by Gasteiger charge is 2.28. The highest BCUT2D eigenvalue weighted by atomic mass is 15.2. The summed E-state index contributed by atoms with van der Waals surface area (Å²) in [5.74, 6) is 0. The molecule has 2 unspecified atom stereocenters. The summed E-state index contributed by atoms with van der Waals surface area (Å²) in [7, 11) is 4.38. The zero-order chi connectivity index (χ0) is 13.4. The van der Waals surface area contributed by atoms with Gasteiger partial charge in [-0.05, 0) is 26.9 Å². The van der Waals surface area contributed by atoms with Gasteiger partial charge in [0.15, 0.2) is 0 Å². The van der Waals surface area contributed by atoms with E-state index in [0.717, 1.165) is 12.6 Å². The van der Waals surface area contributed by atoms with Crippen LogP contribution in [0.1, 0.15) is 51.9 Å². The second kappa shape index (κ2) is 8.89. The third kappa shape index (κ3) is 5.25. The van der Waals surface area contributed by atoms with Crippen LogP contribution in [-0.2, 0) is 0 Å². The molecule has 18 heavy (non-hydrogen) atoms. The monoisotopic (exact) mass is 255 g/mol. The van der Waals surface area contributed by atoms with Crippen molar-refractivity contribution in [3.8, 4) is 0 Å². The molecule has 1 saturated heterocycles. The molecule has 1 aliphatic rings. The first-order valence-electron chi connectivity index (χ1n) is 7.79. The number of nitrogens with two attached hydrogens (primary N) is 1. The van der Waals surface area contributed by atoms with Crippen LogP contribution in [-0.4, -0.2) is 55.6 Å². The van der Waals surface area contributed by atoms with Crippen molar-refractivity contribution in [2.75, 3.05) is 33.7 Å². The Labute approximate surface area is 114 Å². The molecule has 0 bridgehead atoms. The Morgan fingerprint density at radius 3 is 2.50 bits per heavy atom. The van der Waals surface area contributed by atoms with Gasteiger partial charge in [0.05, 0.1) is 0 Å². The summed E-state index contributed by atoms with van der Waals surface area (Å²) < 4.78 is 0. The van der Waals surface area contributed by atoms with Crippen LogP contribution in [0.5, 0.6) is 0 Å². The highest BCUT2D eigenvalue weighted by molar-refractivity contribution is 4.85. The van der Waals surface area contributed by atoms with Gasteiger partial charge >= 0.3 is 0 Å². The fourth-order valence-corrected chi connectivity index (χ4v) is 2.95. The van der Waals surface area contributed by atoms with Crippen molar-refractivity contribution >= 4 is 0 Å². The fourth-order valence-electron chi connectivity index (χ4n) is 2.95. The van der Waals surface area contributed by atoms with Crippen LogP contribution < -0.4 is 5.73 Å². The molecule has 0 aromatic rings. The van der Waals surface area contributed by atoms with Crippen LogP contribution in [0, 0.1) is 0 Å². The zero-order valence-electron chi connectivity index (χ0n) is 12.7. The lowest BCUT2D eigenvalue weighted by Crippen LogP contribution is -2.41. The molecule has 108 valence electrons. The Morgan fingerprint density at radius 2 is 1.94 bits per heavy atom. The largest absolute Gasteiger partial charge is 0.329 e. The van der Waals surface area contributed by atoms with Gasteiger partial charge in [0, 0.05) is 31.7 Å². The summed E-state index contributed by atoms with van der Waals surface area (Å²) in [6.45, 7) is 5.55. The first kappa shape index (κ1) is 15.9. The molecule has 1 fully saturated rings. The topological polar surface area (TPSA) is 32.5 Å². The molecule has 0 aromatic heterocycles. The number of unbranched alkanes of at least 4 members (excludes halogenated alkanes) is 4. The molecule has 0 spiro atoms. The minimum Gasteiger partial charge on any atom is -0.329 e. The highest BCUT2D eigenvalue weighted by Crippen LogP contribution is 2.19. The molecule has 1 heterocycles. The Hall–Kier alpha value is -0.120. The van der Waals surface area contributed by atoms with Crippen LogP contribution in [0.25, 0.3) is 0 Å². The minimum absolute atomic E-state index is 0.622. The lowest BCUT2D eigenvalue weighted by Gasteiger charge is -2.27. The van der Waals surface area contributed by atoms with Gasteiger partial charge in [-0.15, -0.1) is 0 Å². The van der Waals surface area contributed by atoms with E-state index >= 15 is 0 Å². The number of likely N-dealkylation sites (tertiary alicyclic amines) is 1. The van der Waals surface area contributed by atoms with E-state index in [0.29, 0.717) is 6.04 Å². The fraction of sp³-hybridized carbons (Fsp3) is 1.00. The molecule has 3 nitrogen and oxygen atoms in total. The summed E-state index contributed by atoms with van der Waals surface area (Å²) in [6.07, 6.45) is 9.45. The summed E-state index contributed by atoms with van der Waals surface area (Å²) in [4.78, 5) is 4.97. The molecule has 1 rings (SSSR count). The Morgan fingerprint density at radius 1 is 1.22 bits per heavy atom. The number of rotatable bonds is 9. The predicted octanol–water partition coefficient (Wildman–Crippen LogP) is 2.31. The standard InChI is InChI=1S/C15H33N3/c1-4-5-6-7-8-9-14(12-16)18-11-10-15(13-18)17(2)3/h14-15H,4-13,16H2,1-3H3. The predicted molar refractivity (Wildman–Crippen MR) is 79.9 cm³/mol. The molecule has 0 amide bonds. The number of nitrogens with zero attached hydrogens (tertiary/aromatic N) is 2. The first-order chi connectivity index (χ1) is 8.69. The lowest BCUT2D eigenvalue weighted by molar-refractivity contribution is 0.207. The van der Waals surface area contributed by atoms with Crippen LogP contribution in [0.4, 0.5) is 0 Å². The summed E-state index contributed by atoms with van der Waals surface area (Å²) in [6, 6.07) is 1.36. The van der Waals surface area contributed by atoms with Gasteiger partial charge < -0.3 is 10.6 Å². The molecular weight excluding hydrogens is 222 g/mol. The molecule has 0 aromatic carbocycles. The van der Waals surface area contributed by atoms with E-state index in [1.54, 1.807) is 0 Å². The third-order valence-corrected chi connectivity index (χ3v) is 4.35. The molecule has 0 saturated carbocycles. The SMILES string of the molecule is CCCCCCCC(CN)N1CCC(N(C)C)C1. The van der Waals surface area contributed by atoms with Crippen LogP contribution in [0.3, 0.4) is 0 Å². The van der Waals surface area contributed by atoms with Crippen molar-refractivity contribution < 1.29 is 0 Å². The Kier molecular flexibility index (Phi) is 7.87. The van der Waals surface area contributed by atoms with E-state index in [9.17, 15) is 0 Å². The maximum absolute atomic E-state index is 5.96. The van der Waals surface area contributed by atoms with Gasteiger partial charge in [-0.25, -0.2) is 0 Å². The van der Waals surface area contributed by atoms with E-state index in [-0.39, 0.29) is 0 Å². The van der Waals surface area contributed by atoms with Crippen molar-refractivity contribution in [1.82, 2.24) is 9.80 Å². The molecular formula is C15H33N3. The van der Waals surface area contributed by atoms with E-state index in [2.05, 4.69) is 30.8 Å². The average Bonchev–Trinajstić information content (AvgIpc) is 2.83. The van der Waals surface area contributed by atoms with E-state index in [1.807, 2.05) is 0 Å². The van der Waals surface area contributed by atoms with Crippen LogP contribution in [0.2, 0.25) is 0 Å². The normalized spacial score (nSPS) is 22.8. The second-order valence-corrected chi connectivity index (χ2v) is 5.99. The third-order valence-electron chi connectivity index (χ3n) is 4.35. The van der Waals surface area contributed by atoms with Gasteiger partial charge in [-0.3, -0.25) is 4.90 Å². The van der Waals surface area contributed by atoms with Gasteiger partial charge in [0.2, 0.25) is 0 Å². The van der Waals surface area contributed by atoms with Gasteiger partial charge in [-0.1, -0.05) is 39.0 Å². The van der Waals surface area contributed by atoms with Crippen molar-refractivity contribution in [3.63, 3.8) is 0 Å². The van der Waals surface area contributed by atoms with E-state index in [1.165, 1.54) is 58.0 Å². The molecule has 0 radical (unpaired) electrons. The molecule has 0 aliphatic carbocycles. The molecule has 2 N–H and O–H groups in total. The molecule has 2 atom stereocenters. The maximum atomic E-state index is 5.96. The van der Waals surface area contributed by atoms with Crippen LogP contribution in [0.15, 0.2) is 0 Å². The number of likely N-dealkylation sites (N-methyl/N-ethyl adjacent to an activating group) is 1. The average molecular weight is 255 g/mol. The van der Waals surface area contributed by atoms with Crippen molar-refractivity contribution in [1.29, 1.82) is 0 Å². The van der Waals surface area contributed by atoms with Crippen LogP contribution >= 0.6 is 0 Å². The summed E-state index contributed by atoms with van der Waals surface area (Å²) in [5.41, 5.74) is 5.96. The molecule has 1 aliphatic heterocycles. The van der Waals surface area contributed by atoms with E-state index < -0.39 is 0 Å². The maximum Gasteiger partial charge on any atom is 0.0229 e. The van der Waals surface area contributed by atoms with Crippen molar-refractivity contribution in [2.24, 2.45) is 5.73 Å². The zero-order valence-corrected chi connectivity index (χ0v) is 12.7. The van der Waals surface area contributed by atoms with Gasteiger partial charge in [0.25, 0.3) is 0 Å². The Bertz CT molecular complexity index is 206. The minimum atomic E-state index is 0.622.